The van der Waals surface area contributed by atoms with Gasteiger partial charge in [0, 0.05) is 12.6 Å². The maximum absolute atomic E-state index is 5.22. The SMILES string of the molecule is S=c1[nH]nc(Cc2ccccc2)n1/N=C\c1ccccn1. The van der Waals surface area contributed by atoms with E-state index < -0.39 is 0 Å². The molecule has 0 aliphatic heterocycles. The fourth-order valence-corrected chi connectivity index (χ4v) is 2.10. The zero-order valence-corrected chi connectivity index (χ0v) is 12.0. The number of hydrogen-bond acceptors (Lipinski definition) is 4. The number of nitrogens with one attached hydrogen (secondary N) is 1. The molecule has 3 aromatic rings. The number of pyridine rings is 1. The Hall–Kier alpha value is -2.60. The first-order valence-electron chi connectivity index (χ1n) is 6.48. The van der Waals surface area contributed by atoms with Gasteiger partial charge in [-0.3, -0.25) is 10.1 Å². The largest absolute Gasteiger partial charge is 0.255 e. The number of hydrogen-bond donors (Lipinski definition) is 1. The Labute approximate surface area is 127 Å². The third-order valence-corrected chi connectivity index (χ3v) is 3.18. The first kappa shape index (κ1) is 13.4. The molecule has 0 saturated heterocycles. The van der Waals surface area contributed by atoms with Gasteiger partial charge in [0.2, 0.25) is 4.77 Å². The van der Waals surface area contributed by atoms with E-state index in [2.05, 4.69) is 20.3 Å². The topological polar surface area (TPSA) is 58.9 Å². The van der Waals surface area contributed by atoms with E-state index in [1.54, 1.807) is 17.1 Å². The van der Waals surface area contributed by atoms with E-state index >= 15 is 0 Å². The van der Waals surface area contributed by atoms with Crippen LogP contribution in [0, 0.1) is 4.77 Å². The second-order valence-electron chi connectivity index (χ2n) is 4.42. The molecule has 0 unspecified atom stereocenters. The van der Waals surface area contributed by atoms with Gasteiger partial charge in [-0.25, -0.2) is 0 Å². The first-order chi connectivity index (χ1) is 10.3. The highest BCUT2D eigenvalue weighted by Crippen LogP contribution is 2.07. The van der Waals surface area contributed by atoms with Crippen molar-refractivity contribution in [3.05, 3.63) is 76.6 Å². The lowest BCUT2D eigenvalue weighted by Gasteiger charge is -2.01. The minimum absolute atomic E-state index is 0.466. The maximum Gasteiger partial charge on any atom is 0.216 e. The summed E-state index contributed by atoms with van der Waals surface area (Å²) in [6.45, 7) is 0. The highest BCUT2D eigenvalue weighted by atomic mass is 32.1. The minimum Gasteiger partial charge on any atom is -0.255 e. The molecule has 21 heavy (non-hydrogen) atoms. The molecule has 3 rings (SSSR count). The van der Waals surface area contributed by atoms with Crippen molar-refractivity contribution < 1.29 is 0 Å². The molecule has 2 aromatic heterocycles. The predicted molar refractivity (Wildman–Crippen MR) is 83.9 cm³/mol. The monoisotopic (exact) mass is 295 g/mol. The van der Waals surface area contributed by atoms with Gasteiger partial charge >= 0.3 is 0 Å². The van der Waals surface area contributed by atoms with E-state index in [4.69, 9.17) is 12.2 Å². The van der Waals surface area contributed by atoms with Crippen molar-refractivity contribution in [1.82, 2.24) is 19.9 Å². The van der Waals surface area contributed by atoms with Gasteiger partial charge in [0.15, 0.2) is 5.82 Å². The van der Waals surface area contributed by atoms with Crippen LogP contribution in [0.4, 0.5) is 0 Å². The predicted octanol–water partition coefficient (Wildman–Crippen LogP) is 2.81. The van der Waals surface area contributed by atoms with Crippen LogP contribution in [0.25, 0.3) is 0 Å². The molecule has 5 nitrogen and oxygen atoms in total. The van der Waals surface area contributed by atoms with Crippen molar-refractivity contribution in [3.8, 4) is 0 Å². The van der Waals surface area contributed by atoms with Gasteiger partial charge in [-0.2, -0.15) is 14.9 Å². The van der Waals surface area contributed by atoms with Crippen molar-refractivity contribution in [2.45, 2.75) is 6.42 Å². The van der Waals surface area contributed by atoms with Gasteiger partial charge < -0.3 is 0 Å². The van der Waals surface area contributed by atoms with E-state index in [0.29, 0.717) is 11.2 Å². The molecule has 2 heterocycles. The molecule has 0 saturated carbocycles. The molecule has 6 heteroatoms. The second-order valence-corrected chi connectivity index (χ2v) is 4.81. The smallest absolute Gasteiger partial charge is 0.216 e. The van der Waals surface area contributed by atoms with Crippen LogP contribution in [0.5, 0.6) is 0 Å². The van der Waals surface area contributed by atoms with Crippen LogP contribution in [0.1, 0.15) is 17.1 Å². The van der Waals surface area contributed by atoms with Gasteiger partial charge in [0.1, 0.15) is 0 Å². The Balaban J connectivity index is 1.87. The fraction of sp³-hybridized carbons (Fsp3) is 0.0667. The van der Waals surface area contributed by atoms with Crippen LogP contribution in [-0.2, 0) is 6.42 Å². The van der Waals surface area contributed by atoms with Gasteiger partial charge in [-0.05, 0) is 29.9 Å². The Morgan fingerprint density at radius 2 is 1.95 bits per heavy atom. The van der Waals surface area contributed by atoms with Crippen molar-refractivity contribution in [3.63, 3.8) is 0 Å². The normalized spacial score (nSPS) is 11.0. The van der Waals surface area contributed by atoms with Crippen molar-refractivity contribution in [1.29, 1.82) is 0 Å². The molecule has 0 fully saturated rings. The molecular weight excluding hydrogens is 282 g/mol. The molecular formula is C15H13N5S. The zero-order chi connectivity index (χ0) is 14.5. The summed E-state index contributed by atoms with van der Waals surface area (Å²) < 4.78 is 2.09. The molecule has 0 atom stereocenters. The third kappa shape index (κ3) is 3.29. The summed E-state index contributed by atoms with van der Waals surface area (Å²) in [4.78, 5) is 4.19. The summed E-state index contributed by atoms with van der Waals surface area (Å²) in [5, 5.41) is 11.4. The summed E-state index contributed by atoms with van der Waals surface area (Å²) in [6, 6.07) is 15.7. The Morgan fingerprint density at radius 3 is 2.71 bits per heavy atom. The lowest BCUT2D eigenvalue weighted by atomic mass is 10.1. The van der Waals surface area contributed by atoms with E-state index in [0.717, 1.165) is 17.1 Å². The van der Waals surface area contributed by atoms with Gasteiger partial charge in [-0.1, -0.05) is 36.4 Å². The van der Waals surface area contributed by atoms with E-state index in [-0.39, 0.29) is 0 Å². The maximum atomic E-state index is 5.22. The number of aromatic nitrogens is 4. The minimum atomic E-state index is 0.466. The van der Waals surface area contributed by atoms with Crippen LogP contribution in [0.2, 0.25) is 0 Å². The Bertz CT molecular complexity index is 790. The quantitative estimate of drug-likeness (QED) is 0.595. The number of benzene rings is 1. The highest BCUT2D eigenvalue weighted by Gasteiger charge is 2.05. The summed E-state index contributed by atoms with van der Waals surface area (Å²) in [5.41, 5.74) is 1.92. The molecule has 0 radical (unpaired) electrons. The Kier molecular flexibility index (Phi) is 3.97. The van der Waals surface area contributed by atoms with E-state index in [9.17, 15) is 0 Å². The fourth-order valence-electron chi connectivity index (χ4n) is 1.91. The van der Waals surface area contributed by atoms with Crippen LogP contribution >= 0.6 is 12.2 Å². The number of nitrogens with zero attached hydrogens (tertiary/aromatic N) is 4. The molecule has 0 aliphatic carbocycles. The van der Waals surface area contributed by atoms with Gasteiger partial charge in [-0.15, -0.1) is 0 Å². The third-order valence-electron chi connectivity index (χ3n) is 2.92. The second kappa shape index (κ2) is 6.23. The molecule has 0 aliphatic rings. The molecule has 1 N–H and O–H groups in total. The van der Waals surface area contributed by atoms with E-state index in [1.807, 2.05) is 48.5 Å². The average molecular weight is 295 g/mol. The van der Waals surface area contributed by atoms with Crippen LogP contribution < -0.4 is 0 Å². The summed E-state index contributed by atoms with van der Waals surface area (Å²) >= 11 is 5.22. The van der Waals surface area contributed by atoms with Crippen LogP contribution in [0.15, 0.2) is 59.8 Å². The van der Waals surface area contributed by atoms with E-state index in [1.165, 1.54) is 0 Å². The lowest BCUT2D eigenvalue weighted by molar-refractivity contribution is 0.791. The van der Waals surface area contributed by atoms with Crippen molar-refractivity contribution >= 4 is 18.4 Å². The number of aromatic amines is 1. The summed E-state index contributed by atoms with van der Waals surface area (Å²) in [6.07, 6.45) is 4.05. The molecule has 0 amide bonds. The molecule has 104 valence electrons. The zero-order valence-electron chi connectivity index (χ0n) is 11.2. The number of rotatable bonds is 4. The average Bonchev–Trinajstić information content (AvgIpc) is 2.87. The Morgan fingerprint density at radius 1 is 1.14 bits per heavy atom. The van der Waals surface area contributed by atoms with Crippen molar-refractivity contribution in [2.24, 2.45) is 5.10 Å². The molecule has 0 spiro atoms. The van der Waals surface area contributed by atoms with Crippen LogP contribution in [0.3, 0.4) is 0 Å². The summed E-state index contributed by atoms with van der Waals surface area (Å²) in [7, 11) is 0. The molecule has 1 aromatic carbocycles. The van der Waals surface area contributed by atoms with Gasteiger partial charge in [0.05, 0.1) is 11.9 Å². The van der Waals surface area contributed by atoms with Crippen molar-refractivity contribution in [2.75, 3.05) is 0 Å². The first-order valence-corrected chi connectivity index (χ1v) is 6.89. The number of H-pyrrole nitrogens is 1. The highest BCUT2D eigenvalue weighted by molar-refractivity contribution is 7.71. The standard InChI is InChI=1S/C15H13N5S/c21-15-19-18-14(10-12-6-2-1-3-7-12)20(15)17-11-13-8-4-5-9-16-13/h1-9,11H,10H2,(H,19,21)/b17-11-. The van der Waals surface area contributed by atoms with Crippen LogP contribution in [-0.4, -0.2) is 26.1 Å². The molecule has 0 bridgehead atoms. The van der Waals surface area contributed by atoms with Gasteiger partial charge in [0.25, 0.3) is 0 Å². The summed E-state index contributed by atoms with van der Waals surface area (Å²) in [5.74, 6) is 0.762. The lowest BCUT2D eigenvalue weighted by Crippen LogP contribution is -2.00.